The summed E-state index contributed by atoms with van der Waals surface area (Å²) in [6.07, 6.45) is 4.63. The van der Waals surface area contributed by atoms with Crippen molar-refractivity contribution in [1.29, 1.82) is 0 Å². The quantitative estimate of drug-likeness (QED) is 0.591. The monoisotopic (exact) mass is 504 g/mol. The van der Waals surface area contributed by atoms with Crippen LogP contribution in [0.15, 0.2) is 54.6 Å². The topological polar surface area (TPSA) is 102 Å². The van der Waals surface area contributed by atoms with E-state index in [1.807, 2.05) is 30.3 Å². The number of carbonyl (C=O) groups is 3. The zero-order valence-electron chi connectivity index (χ0n) is 21.1. The molecule has 8 heteroatoms. The summed E-state index contributed by atoms with van der Waals surface area (Å²) in [6.45, 7) is 1.64. The van der Waals surface area contributed by atoms with E-state index >= 15 is 0 Å². The molecular formula is C29H36N4O4. The van der Waals surface area contributed by atoms with Gasteiger partial charge < -0.3 is 25.5 Å². The molecule has 0 bridgehead atoms. The molecule has 0 aromatic heterocycles. The number of benzene rings is 2. The Bertz CT molecular complexity index is 1110. The van der Waals surface area contributed by atoms with Crippen molar-refractivity contribution in [2.24, 2.45) is 0 Å². The third-order valence-electron chi connectivity index (χ3n) is 7.89. The van der Waals surface area contributed by atoms with Gasteiger partial charge >= 0.3 is 0 Å². The molecule has 0 spiro atoms. The molecule has 5 rings (SSSR count). The van der Waals surface area contributed by atoms with E-state index in [0.29, 0.717) is 51.7 Å². The van der Waals surface area contributed by atoms with Gasteiger partial charge in [0.25, 0.3) is 0 Å². The van der Waals surface area contributed by atoms with Gasteiger partial charge in [-0.05, 0) is 74.8 Å². The van der Waals surface area contributed by atoms with Gasteiger partial charge in [-0.2, -0.15) is 0 Å². The number of hydrogen-bond donors (Lipinski definition) is 3. The van der Waals surface area contributed by atoms with Crippen molar-refractivity contribution >= 4 is 17.7 Å². The average molecular weight is 505 g/mol. The van der Waals surface area contributed by atoms with Crippen LogP contribution in [0.3, 0.4) is 0 Å². The molecule has 3 N–H and O–H groups in total. The lowest BCUT2D eigenvalue weighted by Gasteiger charge is -2.32. The predicted octanol–water partition coefficient (Wildman–Crippen LogP) is 2.01. The second-order valence-electron chi connectivity index (χ2n) is 10.4. The summed E-state index contributed by atoms with van der Waals surface area (Å²) in [6, 6.07) is 15.3. The highest BCUT2D eigenvalue weighted by Gasteiger charge is 2.43. The van der Waals surface area contributed by atoms with E-state index in [9.17, 15) is 19.5 Å². The molecule has 2 aromatic rings. The van der Waals surface area contributed by atoms with E-state index in [1.54, 1.807) is 21.9 Å². The van der Waals surface area contributed by atoms with E-state index in [-0.39, 0.29) is 29.5 Å². The SMILES string of the molecule is O=C1N[C@@H](Cc2ccccc2)CCN[C@@H](Cc2ccc(O)cc2)C(=O)N2CCC[C@H]2C(=O)N2CCC[C@@H]12. The third-order valence-corrected chi connectivity index (χ3v) is 7.89. The molecule has 3 saturated heterocycles. The highest BCUT2D eigenvalue weighted by molar-refractivity contribution is 5.94. The molecule has 2 aromatic carbocycles. The molecule has 3 heterocycles. The lowest BCUT2D eigenvalue weighted by molar-refractivity contribution is -0.147. The zero-order chi connectivity index (χ0) is 25.8. The smallest absolute Gasteiger partial charge is 0.246 e. The number of amides is 3. The van der Waals surface area contributed by atoms with Gasteiger partial charge in [-0.25, -0.2) is 0 Å². The van der Waals surface area contributed by atoms with E-state index < -0.39 is 18.1 Å². The summed E-state index contributed by atoms with van der Waals surface area (Å²) < 4.78 is 0. The van der Waals surface area contributed by atoms with Crippen LogP contribution in [0, 0.1) is 0 Å². The number of phenolic OH excluding ortho intramolecular Hbond substituents is 1. The van der Waals surface area contributed by atoms with Gasteiger partial charge in [0.15, 0.2) is 0 Å². The number of hydrogen-bond acceptors (Lipinski definition) is 5. The van der Waals surface area contributed by atoms with Gasteiger partial charge in [0.1, 0.15) is 17.8 Å². The minimum Gasteiger partial charge on any atom is -0.508 e. The number of phenols is 1. The Morgan fingerprint density at radius 3 is 2.14 bits per heavy atom. The van der Waals surface area contributed by atoms with Gasteiger partial charge in [-0.15, -0.1) is 0 Å². The van der Waals surface area contributed by atoms with Crippen LogP contribution in [0.25, 0.3) is 0 Å². The minimum atomic E-state index is -0.522. The van der Waals surface area contributed by atoms with E-state index in [4.69, 9.17) is 0 Å². The molecule has 37 heavy (non-hydrogen) atoms. The Balaban J connectivity index is 1.42. The number of nitrogens with zero attached hydrogens (tertiary/aromatic N) is 2. The summed E-state index contributed by atoms with van der Waals surface area (Å²) >= 11 is 0. The van der Waals surface area contributed by atoms with E-state index in [1.165, 1.54) is 0 Å². The molecule has 3 amide bonds. The molecule has 3 aliphatic heterocycles. The fraction of sp³-hybridized carbons (Fsp3) is 0.483. The Morgan fingerprint density at radius 1 is 0.757 bits per heavy atom. The lowest BCUT2D eigenvalue weighted by atomic mass is 10.0. The van der Waals surface area contributed by atoms with Crippen molar-refractivity contribution in [3.05, 3.63) is 65.7 Å². The number of carbonyl (C=O) groups excluding carboxylic acids is 3. The second-order valence-corrected chi connectivity index (χ2v) is 10.4. The molecule has 196 valence electrons. The molecule has 0 saturated carbocycles. The highest BCUT2D eigenvalue weighted by atomic mass is 16.3. The maximum Gasteiger partial charge on any atom is 0.246 e. The van der Waals surface area contributed by atoms with Gasteiger partial charge in [-0.1, -0.05) is 42.5 Å². The summed E-state index contributed by atoms with van der Waals surface area (Å²) in [7, 11) is 0. The molecular weight excluding hydrogens is 468 g/mol. The third kappa shape index (κ3) is 5.80. The Labute approximate surface area is 218 Å². The first-order valence-electron chi connectivity index (χ1n) is 13.5. The van der Waals surface area contributed by atoms with Gasteiger partial charge in [0.2, 0.25) is 17.7 Å². The molecule has 3 fully saturated rings. The van der Waals surface area contributed by atoms with Crippen molar-refractivity contribution < 1.29 is 19.5 Å². The van der Waals surface area contributed by atoms with Gasteiger partial charge in [0, 0.05) is 19.1 Å². The van der Waals surface area contributed by atoms with Crippen molar-refractivity contribution in [2.45, 2.75) is 69.1 Å². The summed E-state index contributed by atoms with van der Waals surface area (Å²) in [5.41, 5.74) is 2.07. The molecule has 8 nitrogen and oxygen atoms in total. The zero-order valence-corrected chi connectivity index (χ0v) is 21.1. The average Bonchev–Trinajstić information content (AvgIpc) is 3.59. The van der Waals surface area contributed by atoms with Crippen LogP contribution in [0.5, 0.6) is 5.75 Å². The maximum absolute atomic E-state index is 13.8. The van der Waals surface area contributed by atoms with Crippen LogP contribution in [0.4, 0.5) is 0 Å². The first kappa shape index (κ1) is 25.3. The fourth-order valence-corrected chi connectivity index (χ4v) is 5.95. The van der Waals surface area contributed by atoms with Crippen molar-refractivity contribution in [3.63, 3.8) is 0 Å². The molecule has 0 aliphatic carbocycles. The normalized spacial score (nSPS) is 27.1. The van der Waals surface area contributed by atoms with Crippen molar-refractivity contribution in [1.82, 2.24) is 20.4 Å². The Hall–Kier alpha value is -3.39. The molecule has 4 atom stereocenters. The second kappa shape index (κ2) is 11.3. The molecule has 3 aliphatic rings. The van der Waals surface area contributed by atoms with E-state index in [2.05, 4.69) is 22.8 Å². The Morgan fingerprint density at radius 2 is 1.41 bits per heavy atom. The number of nitrogens with one attached hydrogen (secondary N) is 2. The van der Waals surface area contributed by atoms with Crippen LogP contribution >= 0.6 is 0 Å². The maximum atomic E-state index is 13.8. The van der Waals surface area contributed by atoms with Crippen molar-refractivity contribution in [2.75, 3.05) is 19.6 Å². The first-order valence-corrected chi connectivity index (χ1v) is 13.5. The van der Waals surface area contributed by atoms with Crippen LogP contribution in [-0.2, 0) is 27.2 Å². The summed E-state index contributed by atoms with van der Waals surface area (Å²) in [5, 5.41) is 16.4. The standard InChI is InChI=1S/C29H36N4O4/c34-23-12-10-21(11-13-23)19-24-28(36)33-17-5-9-26(33)29(37)32-16-4-8-25(32)27(35)31-22(14-15-30-24)18-20-6-2-1-3-7-20/h1-3,6-7,10-13,22,24-26,30,34H,4-5,8-9,14-19H2,(H,31,35)/t22-,24+,25+,26+/m1/s1. The van der Waals surface area contributed by atoms with Crippen LogP contribution < -0.4 is 10.6 Å². The highest BCUT2D eigenvalue weighted by Crippen LogP contribution is 2.26. The van der Waals surface area contributed by atoms with Crippen LogP contribution in [0.2, 0.25) is 0 Å². The predicted molar refractivity (Wildman–Crippen MR) is 140 cm³/mol. The van der Waals surface area contributed by atoms with E-state index in [0.717, 1.165) is 24.0 Å². The molecule has 0 radical (unpaired) electrons. The fourth-order valence-electron chi connectivity index (χ4n) is 5.95. The van der Waals surface area contributed by atoms with Gasteiger partial charge in [0.05, 0.1) is 6.04 Å². The lowest BCUT2D eigenvalue weighted by Crippen LogP contribution is -2.55. The number of fused-ring (bicyclic) bond motifs is 2. The first-order chi connectivity index (χ1) is 18.0. The number of rotatable bonds is 4. The summed E-state index contributed by atoms with van der Waals surface area (Å²) in [5.74, 6) is -0.0889. The summed E-state index contributed by atoms with van der Waals surface area (Å²) in [4.78, 5) is 44.4. The number of aromatic hydroxyl groups is 1. The largest absolute Gasteiger partial charge is 0.508 e. The molecule has 0 unspecified atom stereocenters. The van der Waals surface area contributed by atoms with Crippen molar-refractivity contribution in [3.8, 4) is 5.75 Å². The van der Waals surface area contributed by atoms with Crippen LogP contribution in [-0.4, -0.2) is 76.4 Å². The van der Waals surface area contributed by atoms with Gasteiger partial charge in [-0.3, -0.25) is 14.4 Å². The minimum absolute atomic E-state index is 0.0715. The Kier molecular flexibility index (Phi) is 7.74. The van der Waals surface area contributed by atoms with Crippen LogP contribution in [0.1, 0.15) is 43.2 Å².